The molecular formula is C19H29N7S. The van der Waals surface area contributed by atoms with Crippen LogP contribution < -0.4 is 10.2 Å². The fraction of sp³-hybridized carbons (Fsp3) is 0.579. The number of piperazine rings is 1. The lowest BCUT2D eigenvalue weighted by Gasteiger charge is -2.36. The third kappa shape index (κ3) is 5.38. The Hall–Kier alpha value is -2.22. The molecule has 1 fully saturated rings. The van der Waals surface area contributed by atoms with E-state index in [0.29, 0.717) is 5.92 Å². The molecule has 3 heterocycles. The molecule has 1 saturated heterocycles. The van der Waals surface area contributed by atoms with Crippen LogP contribution in [0, 0.1) is 0 Å². The lowest BCUT2D eigenvalue weighted by Crippen LogP contribution is -2.53. The monoisotopic (exact) mass is 387 g/mol. The van der Waals surface area contributed by atoms with Crippen molar-refractivity contribution in [2.24, 2.45) is 4.99 Å². The topological polar surface area (TPSA) is 69.5 Å². The molecule has 8 heteroatoms. The van der Waals surface area contributed by atoms with Crippen molar-refractivity contribution in [3.63, 3.8) is 0 Å². The number of nitrogens with zero attached hydrogens (tertiary/aromatic N) is 6. The van der Waals surface area contributed by atoms with E-state index in [1.165, 1.54) is 5.01 Å². The number of aromatic nitrogens is 3. The van der Waals surface area contributed by atoms with Crippen molar-refractivity contribution in [3.8, 4) is 0 Å². The molecule has 0 aromatic carbocycles. The van der Waals surface area contributed by atoms with E-state index in [2.05, 4.69) is 51.2 Å². The zero-order valence-corrected chi connectivity index (χ0v) is 17.2. The summed E-state index contributed by atoms with van der Waals surface area (Å²) in [4.78, 5) is 22.8. The van der Waals surface area contributed by atoms with Crippen molar-refractivity contribution >= 4 is 23.2 Å². The second-order valence-corrected chi connectivity index (χ2v) is 7.73. The van der Waals surface area contributed by atoms with Crippen molar-refractivity contribution in [1.29, 1.82) is 0 Å². The second kappa shape index (κ2) is 9.64. The van der Waals surface area contributed by atoms with E-state index in [1.54, 1.807) is 23.7 Å². The van der Waals surface area contributed by atoms with E-state index in [9.17, 15) is 0 Å². The molecule has 0 saturated carbocycles. The molecule has 7 nitrogen and oxygen atoms in total. The van der Waals surface area contributed by atoms with Gasteiger partial charge in [-0.2, -0.15) is 0 Å². The maximum Gasteiger partial charge on any atom is 0.225 e. The molecule has 0 unspecified atom stereocenters. The van der Waals surface area contributed by atoms with Crippen molar-refractivity contribution in [2.75, 3.05) is 44.2 Å². The maximum atomic E-state index is 4.83. The Morgan fingerprint density at radius 2 is 1.96 bits per heavy atom. The maximum absolute atomic E-state index is 4.83. The molecule has 1 aliphatic rings. The predicted octanol–water partition coefficient (Wildman–Crippen LogP) is 2.39. The highest BCUT2D eigenvalue weighted by Crippen LogP contribution is 2.19. The minimum atomic E-state index is 0.495. The van der Waals surface area contributed by atoms with Gasteiger partial charge in [0.15, 0.2) is 5.96 Å². The van der Waals surface area contributed by atoms with E-state index in [1.807, 2.05) is 6.07 Å². The summed E-state index contributed by atoms with van der Waals surface area (Å²) in [5, 5.41) is 6.80. The molecule has 2 aromatic rings. The SMILES string of the molecule is CCNC(=NCCc1csc(C(C)C)n1)N1CCN(c2ncccn2)CC1. The molecule has 1 N–H and O–H groups in total. The van der Waals surface area contributed by atoms with E-state index in [4.69, 9.17) is 9.98 Å². The van der Waals surface area contributed by atoms with Gasteiger partial charge < -0.3 is 15.1 Å². The fourth-order valence-corrected chi connectivity index (χ4v) is 3.85. The smallest absolute Gasteiger partial charge is 0.225 e. The number of aliphatic imine (C=N–C) groups is 1. The first-order chi connectivity index (χ1) is 13.2. The average Bonchev–Trinajstić information content (AvgIpc) is 3.17. The molecular weight excluding hydrogens is 358 g/mol. The lowest BCUT2D eigenvalue weighted by atomic mass is 10.2. The van der Waals surface area contributed by atoms with Crippen LogP contribution in [0.1, 0.15) is 37.4 Å². The fourth-order valence-electron chi connectivity index (χ4n) is 2.98. The van der Waals surface area contributed by atoms with Crippen molar-refractivity contribution in [2.45, 2.75) is 33.1 Å². The largest absolute Gasteiger partial charge is 0.357 e. The molecule has 0 radical (unpaired) electrons. The van der Waals surface area contributed by atoms with Crippen LogP contribution in [0.2, 0.25) is 0 Å². The van der Waals surface area contributed by atoms with Crippen LogP contribution in [0.25, 0.3) is 0 Å². The molecule has 0 spiro atoms. The van der Waals surface area contributed by atoms with Gasteiger partial charge in [0.2, 0.25) is 5.95 Å². The molecule has 0 bridgehead atoms. The standard InChI is InChI=1S/C19H29N7S/c1-4-20-18(23-9-6-16-14-27-17(24-16)15(2)3)25-10-12-26(13-11-25)19-21-7-5-8-22-19/h5,7-8,14-15H,4,6,9-13H2,1-3H3,(H,20,23). The number of thiazole rings is 1. The molecule has 27 heavy (non-hydrogen) atoms. The Morgan fingerprint density at radius 3 is 2.59 bits per heavy atom. The Morgan fingerprint density at radius 1 is 1.22 bits per heavy atom. The summed E-state index contributed by atoms with van der Waals surface area (Å²) in [7, 11) is 0. The quantitative estimate of drug-likeness (QED) is 0.606. The van der Waals surface area contributed by atoms with Crippen LogP contribution >= 0.6 is 11.3 Å². The first-order valence-electron chi connectivity index (χ1n) is 9.67. The summed E-state index contributed by atoms with van der Waals surface area (Å²) in [5.41, 5.74) is 1.15. The van der Waals surface area contributed by atoms with Gasteiger partial charge in [-0.25, -0.2) is 15.0 Å². The Labute approximate surface area is 165 Å². The van der Waals surface area contributed by atoms with Gasteiger partial charge in [0.05, 0.1) is 10.7 Å². The lowest BCUT2D eigenvalue weighted by molar-refractivity contribution is 0.370. The third-order valence-corrected chi connectivity index (χ3v) is 5.64. The van der Waals surface area contributed by atoms with Crippen molar-refractivity contribution in [1.82, 2.24) is 25.2 Å². The Bertz CT molecular complexity index is 721. The van der Waals surface area contributed by atoms with Crippen molar-refractivity contribution < 1.29 is 0 Å². The first kappa shape index (κ1) is 19.5. The molecule has 1 aliphatic heterocycles. The zero-order chi connectivity index (χ0) is 19.1. The average molecular weight is 388 g/mol. The Kier molecular flexibility index (Phi) is 6.98. The first-order valence-corrected chi connectivity index (χ1v) is 10.5. The summed E-state index contributed by atoms with van der Waals surface area (Å²) < 4.78 is 0. The minimum absolute atomic E-state index is 0.495. The number of nitrogens with one attached hydrogen (secondary N) is 1. The highest BCUT2D eigenvalue weighted by molar-refractivity contribution is 7.09. The van der Waals surface area contributed by atoms with Gasteiger partial charge in [-0.05, 0) is 13.0 Å². The molecule has 0 aliphatic carbocycles. The van der Waals surface area contributed by atoms with E-state index < -0.39 is 0 Å². The van der Waals surface area contributed by atoms with Crippen LogP contribution in [-0.4, -0.2) is 65.1 Å². The van der Waals surface area contributed by atoms with Crippen LogP contribution in [-0.2, 0) is 6.42 Å². The van der Waals surface area contributed by atoms with Gasteiger partial charge in [-0.15, -0.1) is 11.3 Å². The summed E-state index contributed by atoms with van der Waals surface area (Å²) in [6.07, 6.45) is 4.47. The van der Waals surface area contributed by atoms with Gasteiger partial charge in [0, 0.05) is 69.4 Å². The van der Waals surface area contributed by atoms with Crippen LogP contribution in [0.15, 0.2) is 28.8 Å². The molecule has 3 rings (SSSR count). The van der Waals surface area contributed by atoms with Gasteiger partial charge in [0.1, 0.15) is 0 Å². The second-order valence-electron chi connectivity index (χ2n) is 6.84. The van der Waals surface area contributed by atoms with Crippen LogP contribution in [0.5, 0.6) is 0 Å². The van der Waals surface area contributed by atoms with Gasteiger partial charge in [0.25, 0.3) is 0 Å². The molecule has 0 amide bonds. The third-order valence-electron chi connectivity index (χ3n) is 4.44. The van der Waals surface area contributed by atoms with Crippen molar-refractivity contribution in [3.05, 3.63) is 34.5 Å². The summed E-state index contributed by atoms with van der Waals surface area (Å²) in [6.45, 7) is 11.7. The number of hydrogen-bond donors (Lipinski definition) is 1. The molecule has 0 atom stereocenters. The molecule has 2 aromatic heterocycles. The predicted molar refractivity (Wildman–Crippen MR) is 112 cm³/mol. The summed E-state index contributed by atoms with van der Waals surface area (Å²) in [6, 6.07) is 1.85. The normalized spacial score (nSPS) is 15.5. The number of guanidine groups is 1. The summed E-state index contributed by atoms with van der Waals surface area (Å²) in [5.74, 6) is 2.29. The number of hydrogen-bond acceptors (Lipinski definition) is 6. The Balaban J connectivity index is 1.54. The van der Waals surface area contributed by atoms with E-state index in [0.717, 1.165) is 63.3 Å². The van der Waals surface area contributed by atoms with E-state index >= 15 is 0 Å². The van der Waals surface area contributed by atoms with Gasteiger partial charge in [-0.1, -0.05) is 13.8 Å². The number of anilines is 1. The highest BCUT2D eigenvalue weighted by Gasteiger charge is 2.21. The summed E-state index contributed by atoms with van der Waals surface area (Å²) >= 11 is 1.75. The zero-order valence-electron chi connectivity index (χ0n) is 16.4. The van der Waals surface area contributed by atoms with Crippen LogP contribution in [0.4, 0.5) is 5.95 Å². The van der Waals surface area contributed by atoms with Gasteiger partial charge in [-0.3, -0.25) is 4.99 Å². The highest BCUT2D eigenvalue weighted by atomic mass is 32.1. The molecule has 146 valence electrons. The van der Waals surface area contributed by atoms with Gasteiger partial charge >= 0.3 is 0 Å². The number of rotatable bonds is 6. The van der Waals surface area contributed by atoms with Crippen LogP contribution in [0.3, 0.4) is 0 Å². The minimum Gasteiger partial charge on any atom is -0.357 e. The van der Waals surface area contributed by atoms with E-state index in [-0.39, 0.29) is 0 Å².